The minimum absolute atomic E-state index is 0.0487. The topological polar surface area (TPSA) is 87.3 Å². The Kier molecular flexibility index (Phi) is 4.64. The van der Waals surface area contributed by atoms with Crippen LogP contribution in [0.4, 0.5) is 0 Å². The van der Waals surface area contributed by atoms with Crippen LogP contribution in [0.3, 0.4) is 0 Å². The number of aryl methyl sites for hydroxylation is 1. The molecule has 1 amide bonds. The molecule has 1 aliphatic rings. The van der Waals surface area contributed by atoms with Gasteiger partial charge < -0.3 is 15.0 Å². The standard InChI is InChI=1S/C12H18N4O3/c1-9-14-8-10(12(18)15-9)11(17)13-2-3-16-4-6-19-7-5-16/h8H,2-7H2,1H3,(H,13,17)(H,14,15,18). The summed E-state index contributed by atoms with van der Waals surface area (Å²) in [6.07, 6.45) is 1.30. The highest BCUT2D eigenvalue weighted by atomic mass is 16.5. The molecule has 1 aromatic heterocycles. The van der Waals surface area contributed by atoms with Crippen LogP contribution in [-0.2, 0) is 4.74 Å². The van der Waals surface area contributed by atoms with E-state index in [9.17, 15) is 9.59 Å². The van der Waals surface area contributed by atoms with E-state index in [1.165, 1.54) is 6.20 Å². The third-order valence-corrected chi connectivity index (χ3v) is 2.99. The van der Waals surface area contributed by atoms with Crippen molar-refractivity contribution in [2.24, 2.45) is 0 Å². The summed E-state index contributed by atoms with van der Waals surface area (Å²) in [5.74, 6) is 0.108. The van der Waals surface area contributed by atoms with Gasteiger partial charge in [-0.15, -0.1) is 0 Å². The van der Waals surface area contributed by atoms with E-state index in [-0.39, 0.29) is 11.5 Å². The number of carbonyl (C=O) groups excluding carboxylic acids is 1. The van der Waals surface area contributed by atoms with Gasteiger partial charge in [-0.25, -0.2) is 4.98 Å². The average molecular weight is 266 g/mol. The quantitative estimate of drug-likeness (QED) is 0.740. The zero-order chi connectivity index (χ0) is 13.7. The number of aromatic amines is 1. The Hall–Kier alpha value is -1.73. The highest BCUT2D eigenvalue weighted by Crippen LogP contribution is 1.95. The van der Waals surface area contributed by atoms with Crippen molar-refractivity contribution in [3.05, 3.63) is 27.9 Å². The molecule has 7 nitrogen and oxygen atoms in total. The number of hydrogen-bond acceptors (Lipinski definition) is 5. The van der Waals surface area contributed by atoms with Crippen LogP contribution in [0.25, 0.3) is 0 Å². The highest BCUT2D eigenvalue weighted by molar-refractivity contribution is 5.93. The molecule has 0 spiro atoms. The van der Waals surface area contributed by atoms with Gasteiger partial charge in [0.15, 0.2) is 0 Å². The van der Waals surface area contributed by atoms with Crippen molar-refractivity contribution in [1.29, 1.82) is 0 Å². The van der Waals surface area contributed by atoms with E-state index >= 15 is 0 Å². The Morgan fingerprint density at radius 1 is 1.53 bits per heavy atom. The summed E-state index contributed by atoms with van der Waals surface area (Å²) in [5.41, 5.74) is -0.357. The molecule has 1 aromatic rings. The molecule has 0 atom stereocenters. The van der Waals surface area contributed by atoms with E-state index < -0.39 is 5.56 Å². The Bertz CT molecular complexity index is 494. The lowest BCUT2D eigenvalue weighted by atomic mass is 10.3. The summed E-state index contributed by atoms with van der Waals surface area (Å²) in [6.45, 7) is 6.15. The molecule has 2 heterocycles. The number of aromatic nitrogens is 2. The fraction of sp³-hybridized carbons (Fsp3) is 0.583. The normalized spacial score (nSPS) is 16.3. The van der Waals surface area contributed by atoms with Crippen LogP contribution < -0.4 is 10.9 Å². The first-order chi connectivity index (χ1) is 9.16. The number of nitrogens with one attached hydrogen (secondary N) is 2. The monoisotopic (exact) mass is 266 g/mol. The number of amides is 1. The van der Waals surface area contributed by atoms with Gasteiger partial charge in [-0.3, -0.25) is 14.5 Å². The van der Waals surface area contributed by atoms with Gasteiger partial charge in [-0.1, -0.05) is 0 Å². The fourth-order valence-electron chi connectivity index (χ4n) is 1.89. The lowest BCUT2D eigenvalue weighted by Gasteiger charge is -2.26. The molecule has 1 aliphatic heterocycles. The predicted molar refractivity (Wildman–Crippen MR) is 69.2 cm³/mol. The minimum atomic E-state index is -0.406. The van der Waals surface area contributed by atoms with E-state index in [0.29, 0.717) is 12.4 Å². The first kappa shape index (κ1) is 13.7. The molecule has 2 N–H and O–H groups in total. The number of hydrogen-bond donors (Lipinski definition) is 2. The molecule has 2 rings (SSSR count). The third kappa shape index (κ3) is 3.87. The Morgan fingerprint density at radius 2 is 2.26 bits per heavy atom. The largest absolute Gasteiger partial charge is 0.379 e. The van der Waals surface area contributed by atoms with Crippen molar-refractivity contribution in [3.8, 4) is 0 Å². The number of H-pyrrole nitrogens is 1. The Balaban J connectivity index is 1.82. The van der Waals surface area contributed by atoms with Crippen LogP contribution in [0.15, 0.2) is 11.0 Å². The molecular weight excluding hydrogens is 248 g/mol. The molecular formula is C12H18N4O3. The summed E-state index contributed by atoms with van der Waals surface area (Å²) in [7, 11) is 0. The maximum atomic E-state index is 11.8. The lowest BCUT2D eigenvalue weighted by molar-refractivity contribution is 0.0383. The first-order valence-corrected chi connectivity index (χ1v) is 6.31. The van der Waals surface area contributed by atoms with Crippen molar-refractivity contribution in [2.45, 2.75) is 6.92 Å². The highest BCUT2D eigenvalue weighted by Gasteiger charge is 2.13. The van der Waals surface area contributed by atoms with Crippen LogP contribution in [0.1, 0.15) is 16.2 Å². The molecule has 0 aliphatic carbocycles. The molecule has 104 valence electrons. The number of ether oxygens (including phenoxy) is 1. The maximum absolute atomic E-state index is 11.8. The van der Waals surface area contributed by atoms with Gasteiger partial charge in [0.25, 0.3) is 11.5 Å². The number of carbonyl (C=O) groups is 1. The summed E-state index contributed by atoms with van der Waals surface area (Å²) < 4.78 is 5.24. The molecule has 1 fully saturated rings. The van der Waals surface area contributed by atoms with Crippen LogP contribution >= 0.6 is 0 Å². The van der Waals surface area contributed by atoms with E-state index in [1.54, 1.807) is 6.92 Å². The van der Waals surface area contributed by atoms with Crippen LogP contribution in [0, 0.1) is 6.92 Å². The maximum Gasteiger partial charge on any atom is 0.263 e. The smallest absolute Gasteiger partial charge is 0.263 e. The first-order valence-electron chi connectivity index (χ1n) is 6.31. The van der Waals surface area contributed by atoms with Crippen molar-refractivity contribution in [2.75, 3.05) is 39.4 Å². The van der Waals surface area contributed by atoms with E-state index in [1.807, 2.05) is 0 Å². The zero-order valence-electron chi connectivity index (χ0n) is 10.9. The van der Waals surface area contributed by atoms with Crippen LogP contribution in [0.5, 0.6) is 0 Å². The van der Waals surface area contributed by atoms with E-state index in [4.69, 9.17) is 4.74 Å². The second-order valence-electron chi connectivity index (χ2n) is 4.42. The molecule has 1 saturated heterocycles. The number of morpholine rings is 1. The fourth-order valence-corrected chi connectivity index (χ4v) is 1.89. The van der Waals surface area contributed by atoms with Gasteiger partial charge in [-0.05, 0) is 6.92 Å². The van der Waals surface area contributed by atoms with Crippen LogP contribution in [-0.4, -0.2) is 60.2 Å². The molecule has 0 saturated carbocycles. The van der Waals surface area contributed by atoms with Gasteiger partial charge in [0, 0.05) is 32.4 Å². The predicted octanol–water partition coefficient (Wildman–Crippen LogP) is -0.860. The van der Waals surface area contributed by atoms with Gasteiger partial charge >= 0.3 is 0 Å². The molecule has 7 heteroatoms. The van der Waals surface area contributed by atoms with Crippen molar-refractivity contribution in [3.63, 3.8) is 0 Å². The summed E-state index contributed by atoms with van der Waals surface area (Å²) >= 11 is 0. The molecule has 0 bridgehead atoms. The molecule has 0 unspecified atom stereocenters. The van der Waals surface area contributed by atoms with Gasteiger partial charge in [-0.2, -0.15) is 0 Å². The second-order valence-corrected chi connectivity index (χ2v) is 4.42. The summed E-state index contributed by atoms with van der Waals surface area (Å²) in [6, 6.07) is 0. The van der Waals surface area contributed by atoms with Gasteiger partial charge in [0.1, 0.15) is 11.4 Å². The lowest BCUT2D eigenvalue weighted by Crippen LogP contribution is -2.42. The van der Waals surface area contributed by atoms with E-state index in [2.05, 4.69) is 20.2 Å². The Labute approximate surface area is 111 Å². The summed E-state index contributed by atoms with van der Waals surface area (Å²) in [5, 5.41) is 2.73. The van der Waals surface area contributed by atoms with Gasteiger partial charge in [0.2, 0.25) is 0 Å². The SMILES string of the molecule is Cc1ncc(C(=O)NCCN2CCOCC2)c(=O)[nH]1. The Morgan fingerprint density at radius 3 is 2.95 bits per heavy atom. The second kappa shape index (κ2) is 6.44. The summed E-state index contributed by atoms with van der Waals surface area (Å²) in [4.78, 5) is 32.0. The average Bonchev–Trinajstić information content (AvgIpc) is 2.39. The molecule has 0 radical (unpaired) electrons. The molecule has 0 aromatic carbocycles. The van der Waals surface area contributed by atoms with Crippen molar-refractivity contribution < 1.29 is 9.53 Å². The van der Waals surface area contributed by atoms with E-state index in [0.717, 1.165) is 32.8 Å². The van der Waals surface area contributed by atoms with Crippen molar-refractivity contribution in [1.82, 2.24) is 20.2 Å². The number of rotatable bonds is 4. The van der Waals surface area contributed by atoms with Gasteiger partial charge in [0.05, 0.1) is 13.2 Å². The minimum Gasteiger partial charge on any atom is -0.379 e. The van der Waals surface area contributed by atoms with Crippen molar-refractivity contribution >= 4 is 5.91 Å². The third-order valence-electron chi connectivity index (χ3n) is 2.99. The zero-order valence-corrected chi connectivity index (χ0v) is 10.9. The number of nitrogens with zero attached hydrogens (tertiary/aromatic N) is 2. The van der Waals surface area contributed by atoms with Crippen LogP contribution in [0.2, 0.25) is 0 Å². The molecule has 19 heavy (non-hydrogen) atoms.